The molecule has 1 aromatic carbocycles. The summed E-state index contributed by atoms with van der Waals surface area (Å²) in [4.78, 5) is 23.2. The van der Waals surface area contributed by atoms with Crippen LogP contribution in [0.2, 0.25) is 0 Å². The average Bonchev–Trinajstić information content (AvgIpc) is 3.11. The summed E-state index contributed by atoms with van der Waals surface area (Å²) in [6.07, 6.45) is 1.67. The van der Waals surface area contributed by atoms with Crippen LogP contribution >= 0.6 is 11.3 Å². The molecule has 0 saturated carbocycles. The van der Waals surface area contributed by atoms with Crippen LogP contribution in [-0.2, 0) is 11.3 Å². The first-order chi connectivity index (χ1) is 12.8. The van der Waals surface area contributed by atoms with Crippen molar-refractivity contribution in [1.82, 2.24) is 15.3 Å². The summed E-state index contributed by atoms with van der Waals surface area (Å²) in [5.74, 6) is 0.897. The third-order valence-corrected chi connectivity index (χ3v) is 5.12. The minimum absolute atomic E-state index is 0.273. The molecule has 134 valence electrons. The first kappa shape index (κ1) is 16.7. The third-order valence-electron chi connectivity index (χ3n) is 4.08. The van der Waals surface area contributed by atoms with Crippen molar-refractivity contribution in [2.45, 2.75) is 6.54 Å². The van der Waals surface area contributed by atoms with Crippen LogP contribution in [0.3, 0.4) is 0 Å². The number of rotatable bonds is 4. The number of nitrogens with one attached hydrogen (secondary N) is 2. The highest BCUT2D eigenvalue weighted by Gasteiger charge is 2.12. The van der Waals surface area contributed by atoms with Crippen molar-refractivity contribution >= 4 is 39.1 Å². The zero-order chi connectivity index (χ0) is 17.8. The van der Waals surface area contributed by atoms with Crippen molar-refractivity contribution in [1.29, 1.82) is 0 Å². The van der Waals surface area contributed by atoms with Gasteiger partial charge in [-0.05, 0) is 24.3 Å². The van der Waals surface area contributed by atoms with E-state index in [1.807, 2.05) is 36.4 Å². The molecule has 1 aliphatic heterocycles. The maximum atomic E-state index is 12.1. The normalized spacial score (nSPS) is 14.4. The molecule has 0 aliphatic carbocycles. The minimum atomic E-state index is -0.273. The maximum Gasteiger partial charge on any atom is 0.319 e. The lowest BCUT2D eigenvalue weighted by Crippen LogP contribution is -2.36. The number of nitrogens with zero attached hydrogens (tertiary/aromatic N) is 3. The van der Waals surface area contributed by atoms with Gasteiger partial charge in [-0.3, -0.25) is 0 Å². The molecule has 0 atom stereocenters. The first-order valence-electron chi connectivity index (χ1n) is 8.46. The fraction of sp³-hybridized carbons (Fsp3) is 0.278. The van der Waals surface area contributed by atoms with Crippen LogP contribution < -0.4 is 15.5 Å². The molecule has 1 fully saturated rings. The van der Waals surface area contributed by atoms with Gasteiger partial charge in [-0.2, -0.15) is 0 Å². The number of anilines is 2. The number of ether oxygens (including phenoxy) is 1. The van der Waals surface area contributed by atoms with Crippen molar-refractivity contribution in [3.05, 3.63) is 47.6 Å². The van der Waals surface area contributed by atoms with Gasteiger partial charge in [-0.1, -0.05) is 12.1 Å². The summed E-state index contributed by atoms with van der Waals surface area (Å²) < 4.78 is 6.46. The topological polar surface area (TPSA) is 79.4 Å². The summed E-state index contributed by atoms with van der Waals surface area (Å²) in [6, 6.07) is 11.4. The van der Waals surface area contributed by atoms with Gasteiger partial charge in [0.15, 0.2) is 0 Å². The van der Waals surface area contributed by atoms with Crippen molar-refractivity contribution in [3.63, 3.8) is 0 Å². The van der Waals surface area contributed by atoms with Gasteiger partial charge in [-0.25, -0.2) is 14.8 Å². The van der Waals surface area contributed by atoms with Gasteiger partial charge in [0.05, 0.1) is 41.9 Å². The van der Waals surface area contributed by atoms with Crippen LogP contribution in [-0.4, -0.2) is 42.3 Å². The molecule has 2 amide bonds. The van der Waals surface area contributed by atoms with Gasteiger partial charge in [0.1, 0.15) is 10.8 Å². The predicted octanol–water partition coefficient (Wildman–Crippen LogP) is 2.85. The number of urea groups is 1. The Morgan fingerprint density at radius 2 is 2.04 bits per heavy atom. The molecule has 1 aliphatic rings. The summed E-state index contributed by atoms with van der Waals surface area (Å²) in [7, 11) is 0. The number of benzene rings is 1. The Balaban J connectivity index is 1.31. The number of morpholine rings is 1. The highest BCUT2D eigenvalue weighted by Crippen LogP contribution is 2.21. The van der Waals surface area contributed by atoms with E-state index in [9.17, 15) is 4.79 Å². The number of para-hydroxylation sites is 1. The van der Waals surface area contributed by atoms with Gasteiger partial charge in [-0.15, -0.1) is 11.3 Å². The molecule has 3 heterocycles. The second kappa shape index (κ2) is 7.67. The number of hydrogen-bond acceptors (Lipinski definition) is 6. The van der Waals surface area contributed by atoms with Crippen LogP contribution in [0.15, 0.2) is 42.6 Å². The molecule has 3 aromatic rings. The Bertz CT molecular complexity index is 857. The van der Waals surface area contributed by atoms with Crippen LogP contribution in [0.4, 0.5) is 16.3 Å². The van der Waals surface area contributed by atoms with Gasteiger partial charge in [0, 0.05) is 13.1 Å². The lowest BCUT2D eigenvalue weighted by molar-refractivity contribution is 0.122. The second-order valence-electron chi connectivity index (χ2n) is 5.89. The Morgan fingerprint density at radius 3 is 2.81 bits per heavy atom. The highest BCUT2D eigenvalue weighted by atomic mass is 32.1. The van der Waals surface area contributed by atoms with Crippen molar-refractivity contribution in [2.75, 3.05) is 36.5 Å². The zero-order valence-electron chi connectivity index (χ0n) is 14.1. The van der Waals surface area contributed by atoms with E-state index in [0.717, 1.165) is 47.3 Å². The van der Waals surface area contributed by atoms with Crippen molar-refractivity contribution in [3.8, 4) is 0 Å². The lowest BCUT2D eigenvalue weighted by atomic mass is 10.3. The summed E-state index contributed by atoms with van der Waals surface area (Å²) in [5.41, 5.74) is 1.61. The van der Waals surface area contributed by atoms with E-state index in [0.29, 0.717) is 12.2 Å². The molecule has 0 spiro atoms. The maximum absolute atomic E-state index is 12.1. The second-order valence-corrected chi connectivity index (χ2v) is 7.00. The zero-order valence-corrected chi connectivity index (χ0v) is 15.0. The lowest BCUT2D eigenvalue weighted by Gasteiger charge is -2.27. The van der Waals surface area contributed by atoms with E-state index in [4.69, 9.17) is 4.74 Å². The molecular weight excluding hydrogens is 350 g/mol. The molecule has 2 N–H and O–H groups in total. The van der Waals surface area contributed by atoms with E-state index in [1.54, 1.807) is 17.5 Å². The quantitative estimate of drug-likeness (QED) is 0.739. The summed E-state index contributed by atoms with van der Waals surface area (Å²) in [5, 5.41) is 6.50. The Labute approximate surface area is 155 Å². The number of pyridine rings is 1. The fourth-order valence-corrected chi connectivity index (χ4v) is 3.67. The number of aromatic nitrogens is 2. The van der Waals surface area contributed by atoms with Crippen molar-refractivity contribution < 1.29 is 9.53 Å². The predicted molar refractivity (Wildman–Crippen MR) is 103 cm³/mol. The van der Waals surface area contributed by atoms with Crippen LogP contribution in [0.5, 0.6) is 0 Å². The Kier molecular flexibility index (Phi) is 4.94. The van der Waals surface area contributed by atoms with E-state index in [1.165, 1.54) is 0 Å². The number of hydrogen-bond donors (Lipinski definition) is 2. The Morgan fingerprint density at radius 1 is 1.19 bits per heavy atom. The minimum Gasteiger partial charge on any atom is -0.378 e. The molecule has 26 heavy (non-hydrogen) atoms. The van der Waals surface area contributed by atoms with Crippen molar-refractivity contribution in [2.24, 2.45) is 0 Å². The van der Waals surface area contributed by atoms with Crippen LogP contribution in [0.1, 0.15) is 5.01 Å². The monoisotopic (exact) mass is 369 g/mol. The number of amides is 2. The highest BCUT2D eigenvalue weighted by molar-refractivity contribution is 7.18. The standard InChI is InChI=1S/C18H19N5O2S/c24-18(20-12-17-22-14-3-1-2-4-15(14)26-17)21-13-5-6-16(19-11-13)23-7-9-25-10-8-23/h1-6,11H,7-10,12H2,(H2,20,21,24). The molecule has 7 nitrogen and oxygen atoms in total. The SMILES string of the molecule is O=C(NCc1nc2ccccc2s1)Nc1ccc(N2CCOCC2)nc1. The molecule has 0 radical (unpaired) electrons. The molecule has 1 saturated heterocycles. The Hall–Kier alpha value is -2.71. The molecule has 2 aromatic heterocycles. The van der Waals surface area contributed by atoms with Gasteiger partial charge >= 0.3 is 6.03 Å². The van der Waals surface area contributed by atoms with E-state index >= 15 is 0 Å². The molecule has 4 rings (SSSR count). The van der Waals surface area contributed by atoms with E-state index in [2.05, 4.69) is 25.5 Å². The molecular formula is C18H19N5O2S. The first-order valence-corrected chi connectivity index (χ1v) is 9.28. The number of carbonyl (C=O) groups excluding carboxylic acids is 1. The fourth-order valence-electron chi connectivity index (χ4n) is 2.77. The average molecular weight is 369 g/mol. The third kappa shape index (κ3) is 3.92. The number of fused-ring (bicyclic) bond motifs is 1. The van der Waals surface area contributed by atoms with E-state index < -0.39 is 0 Å². The molecule has 8 heteroatoms. The van der Waals surface area contributed by atoms with Crippen LogP contribution in [0.25, 0.3) is 10.2 Å². The van der Waals surface area contributed by atoms with Gasteiger partial charge in [0.2, 0.25) is 0 Å². The molecule has 0 bridgehead atoms. The smallest absolute Gasteiger partial charge is 0.319 e. The van der Waals surface area contributed by atoms with Crippen LogP contribution in [0, 0.1) is 0 Å². The summed E-state index contributed by atoms with van der Waals surface area (Å²) >= 11 is 1.58. The largest absolute Gasteiger partial charge is 0.378 e. The summed E-state index contributed by atoms with van der Waals surface area (Å²) in [6.45, 7) is 3.50. The number of carbonyl (C=O) groups is 1. The molecule has 0 unspecified atom stereocenters. The van der Waals surface area contributed by atoms with E-state index in [-0.39, 0.29) is 6.03 Å². The van der Waals surface area contributed by atoms with Gasteiger partial charge < -0.3 is 20.3 Å². The number of thiazole rings is 1. The van der Waals surface area contributed by atoms with Gasteiger partial charge in [0.25, 0.3) is 0 Å².